The fraction of sp³-hybridized carbons (Fsp3) is 0.550. The molecule has 10 nitrogen and oxygen atoms in total. The van der Waals surface area contributed by atoms with E-state index in [4.69, 9.17) is 19.5 Å². The highest BCUT2D eigenvalue weighted by atomic mass is 16.5. The van der Waals surface area contributed by atoms with Crippen molar-refractivity contribution in [3.63, 3.8) is 0 Å². The van der Waals surface area contributed by atoms with E-state index in [2.05, 4.69) is 66.0 Å². The summed E-state index contributed by atoms with van der Waals surface area (Å²) in [7, 11) is 0. The minimum absolute atomic E-state index is 0.100. The van der Waals surface area contributed by atoms with Crippen LogP contribution in [0, 0.1) is 0 Å². The smallest absolute Gasteiger partial charge is 0.220 e. The van der Waals surface area contributed by atoms with Crippen molar-refractivity contribution in [2.75, 3.05) is 13.2 Å². The van der Waals surface area contributed by atoms with Crippen molar-refractivity contribution in [3.05, 3.63) is 46.5 Å². The molecule has 2 aromatic rings. The zero-order valence-electron chi connectivity index (χ0n) is 31.4. The van der Waals surface area contributed by atoms with E-state index in [0.717, 1.165) is 45.1 Å². The molecular formula is C40H54N4O6. The van der Waals surface area contributed by atoms with Crippen LogP contribution >= 0.6 is 0 Å². The molecule has 0 radical (unpaired) electrons. The Balaban J connectivity index is 1.65. The number of carbonyl (C=O) groups excluding carboxylic acids is 4. The first kappa shape index (κ1) is 38.5. The third-order valence-electron chi connectivity index (χ3n) is 9.39. The Morgan fingerprint density at radius 1 is 0.620 bits per heavy atom. The van der Waals surface area contributed by atoms with Gasteiger partial charge in [-0.05, 0) is 96.9 Å². The number of nitrogens with zero attached hydrogens (tertiary/aromatic N) is 2. The maximum absolute atomic E-state index is 12.7. The molecule has 2 unspecified atom stereocenters. The zero-order valence-corrected chi connectivity index (χ0v) is 31.4. The summed E-state index contributed by atoms with van der Waals surface area (Å²) in [5, 5.41) is 5.44. The third kappa shape index (κ3) is 9.46. The van der Waals surface area contributed by atoms with Crippen LogP contribution < -0.4 is 20.1 Å². The lowest BCUT2D eigenvalue weighted by atomic mass is 9.92. The van der Waals surface area contributed by atoms with Gasteiger partial charge in [0.05, 0.1) is 34.9 Å². The zero-order chi connectivity index (χ0) is 36.9. The Labute approximate surface area is 296 Å². The van der Waals surface area contributed by atoms with Crippen molar-refractivity contribution >= 4 is 46.2 Å². The topological polar surface area (TPSA) is 136 Å². The molecule has 2 aromatic carbocycles. The molecule has 0 spiro atoms. The number of ketones is 2. The van der Waals surface area contributed by atoms with E-state index >= 15 is 0 Å². The molecule has 2 heterocycles. The summed E-state index contributed by atoms with van der Waals surface area (Å²) in [5.41, 5.74) is 7.37. The predicted molar refractivity (Wildman–Crippen MR) is 198 cm³/mol. The molecule has 0 bridgehead atoms. The van der Waals surface area contributed by atoms with Gasteiger partial charge in [0.25, 0.3) is 0 Å². The summed E-state index contributed by atoms with van der Waals surface area (Å²) in [6.07, 6.45) is 1.73. The Morgan fingerprint density at radius 2 is 0.920 bits per heavy atom. The van der Waals surface area contributed by atoms with Crippen molar-refractivity contribution < 1.29 is 28.7 Å². The van der Waals surface area contributed by atoms with Crippen molar-refractivity contribution in [2.45, 2.75) is 131 Å². The van der Waals surface area contributed by atoms with E-state index in [9.17, 15) is 19.2 Å². The SMILES string of the molecule is CC(=Nc1c(C(C)C)cc(OCC(=O)C2CCC(=O)N2)cc1C(C)C)C(C)=Nc1c(C(C)C)cc(OCC(=O)C2CCC(=O)N2)cc1C(C)C. The molecule has 2 aliphatic rings. The monoisotopic (exact) mass is 686 g/mol. The summed E-state index contributed by atoms with van der Waals surface area (Å²) in [5.74, 6) is 1.28. The lowest BCUT2D eigenvalue weighted by Crippen LogP contribution is -2.36. The Hall–Kier alpha value is -4.34. The highest BCUT2D eigenvalue weighted by Crippen LogP contribution is 2.40. The number of aliphatic imine (C=N–C) groups is 2. The maximum atomic E-state index is 12.7. The predicted octanol–water partition coefficient (Wildman–Crippen LogP) is 7.52. The number of nitrogens with one attached hydrogen (secondary N) is 2. The minimum Gasteiger partial charge on any atom is -0.486 e. The molecule has 0 aromatic heterocycles. The average Bonchev–Trinajstić information content (AvgIpc) is 3.70. The number of hydrogen-bond donors (Lipinski definition) is 2. The summed E-state index contributed by atoms with van der Waals surface area (Å²) < 4.78 is 12.0. The van der Waals surface area contributed by atoms with Gasteiger partial charge in [0, 0.05) is 12.8 Å². The number of ether oxygens (including phenoxy) is 2. The van der Waals surface area contributed by atoms with E-state index in [1.54, 1.807) is 0 Å². The van der Waals surface area contributed by atoms with Gasteiger partial charge in [-0.25, -0.2) is 0 Å². The molecule has 10 heteroatoms. The van der Waals surface area contributed by atoms with Crippen LogP contribution in [-0.4, -0.2) is 60.1 Å². The van der Waals surface area contributed by atoms with Crippen LogP contribution in [0.2, 0.25) is 0 Å². The van der Waals surface area contributed by atoms with Crippen LogP contribution in [0.4, 0.5) is 11.4 Å². The first-order chi connectivity index (χ1) is 23.5. The summed E-state index contributed by atoms with van der Waals surface area (Å²) in [6.45, 7) is 20.6. The average molecular weight is 687 g/mol. The molecule has 2 fully saturated rings. The van der Waals surface area contributed by atoms with Crippen molar-refractivity contribution in [1.82, 2.24) is 10.6 Å². The van der Waals surface area contributed by atoms with Crippen LogP contribution in [0.15, 0.2) is 34.3 Å². The summed E-state index contributed by atoms with van der Waals surface area (Å²) >= 11 is 0. The van der Waals surface area contributed by atoms with Gasteiger partial charge in [-0.2, -0.15) is 0 Å². The molecule has 4 rings (SSSR count). The number of benzene rings is 2. The van der Waals surface area contributed by atoms with Gasteiger partial charge in [-0.15, -0.1) is 0 Å². The standard InChI is InChI=1S/C40H54N4O6/c1-21(2)29-15-27(49-19-35(45)33-11-13-37(47)43-33)16-30(22(3)4)39(29)41-25(9)26(10)42-40-31(23(5)6)17-28(18-32(40)24(7)8)50-20-36(46)34-12-14-38(48)44-34/h15-18,21-24,33-34H,11-14,19-20H2,1-10H3,(H,43,47)(H,44,48). The van der Waals surface area contributed by atoms with Crippen LogP contribution in [0.3, 0.4) is 0 Å². The maximum Gasteiger partial charge on any atom is 0.220 e. The van der Waals surface area contributed by atoms with E-state index in [1.807, 2.05) is 38.1 Å². The van der Waals surface area contributed by atoms with Crippen LogP contribution in [0.5, 0.6) is 11.5 Å². The van der Waals surface area contributed by atoms with E-state index in [-0.39, 0.29) is 60.3 Å². The summed E-state index contributed by atoms with van der Waals surface area (Å²) in [4.78, 5) is 59.0. The molecule has 2 amide bonds. The molecule has 270 valence electrons. The van der Waals surface area contributed by atoms with Crippen LogP contribution in [0.25, 0.3) is 0 Å². The fourth-order valence-corrected chi connectivity index (χ4v) is 6.21. The van der Waals surface area contributed by atoms with Gasteiger partial charge in [0.2, 0.25) is 11.8 Å². The molecule has 0 aliphatic carbocycles. The quantitative estimate of drug-likeness (QED) is 0.186. The first-order valence-electron chi connectivity index (χ1n) is 17.9. The van der Waals surface area contributed by atoms with Crippen molar-refractivity contribution in [1.29, 1.82) is 0 Å². The summed E-state index contributed by atoms with van der Waals surface area (Å²) in [6, 6.07) is 6.89. The number of amides is 2. The number of rotatable bonds is 15. The van der Waals surface area contributed by atoms with Gasteiger partial charge >= 0.3 is 0 Å². The van der Waals surface area contributed by atoms with E-state index < -0.39 is 12.1 Å². The second-order valence-electron chi connectivity index (χ2n) is 14.7. The van der Waals surface area contributed by atoms with E-state index in [0.29, 0.717) is 37.2 Å². The Morgan fingerprint density at radius 3 is 1.16 bits per heavy atom. The van der Waals surface area contributed by atoms with Gasteiger partial charge in [-0.1, -0.05) is 55.4 Å². The second-order valence-corrected chi connectivity index (χ2v) is 14.7. The second kappa shape index (κ2) is 16.6. The van der Waals surface area contributed by atoms with Crippen molar-refractivity contribution in [2.24, 2.45) is 9.98 Å². The lowest BCUT2D eigenvalue weighted by Gasteiger charge is -2.21. The minimum atomic E-state index is -0.488. The molecule has 0 saturated carbocycles. The molecule has 50 heavy (non-hydrogen) atoms. The normalized spacial score (nSPS) is 18.4. The first-order valence-corrected chi connectivity index (χ1v) is 17.9. The van der Waals surface area contributed by atoms with Crippen LogP contribution in [0.1, 0.15) is 141 Å². The van der Waals surface area contributed by atoms with Gasteiger partial charge in [0.1, 0.15) is 24.7 Å². The van der Waals surface area contributed by atoms with E-state index in [1.165, 1.54) is 0 Å². The Bertz CT molecular complexity index is 1500. The largest absolute Gasteiger partial charge is 0.486 e. The number of hydrogen-bond acceptors (Lipinski definition) is 8. The fourth-order valence-electron chi connectivity index (χ4n) is 6.21. The number of Topliss-reactive ketones (excluding diaryl/α,β-unsaturated/α-hetero) is 2. The van der Waals surface area contributed by atoms with Crippen LogP contribution in [-0.2, 0) is 19.2 Å². The highest BCUT2D eigenvalue weighted by molar-refractivity contribution is 6.41. The van der Waals surface area contributed by atoms with Gasteiger partial charge in [-0.3, -0.25) is 29.2 Å². The molecule has 2 N–H and O–H groups in total. The van der Waals surface area contributed by atoms with Gasteiger partial charge in [0.15, 0.2) is 11.6 Å². The molecular weight excluding hydrogens is 632 g/mol. The number of carbonyl (C=O) groups is 4. The third-order valence-corrected chi connectivity index (χ3v) is 9.39. The lowest BCUT2D eigenvalue weighted by molar-refractivity contribution is -0.125. The van der Waals surface area contributed by atoms with Gasteiger partial charge < -0.3 is 20.1 Å². The molecule has 2 atom stereocenters. The highest BCUT2D eigenvalue weighted by Gasteiger charge is 2.29. The molecule has 2 saturated heterocycles. The van der Waals surface area contributed by atoms with Crippen molar-refractivity contribution in [3.8, 4) is 11.5 Å². The Kier molecular flexibility index (Phi) is 12.8. The molecule has 2 aliphatic heterocycles.